The number of aliphatic hydroxyl groups is 1. The molecule has 2 rings (SSSR count). The van der Waals surface area contributed by atoms with E-state index < -0.39 is 0 Å². The van der Waals surface area contributed by atoms with Gasteiger partial charge in [-0.1, -0.05) is 11.8 Å². The largest absolute Gasteiger partial charge is 0.384 e. The van der Waals surface area contributed by atoms with Gasteiger partial charge in [-0.05, 0) is 50.2 Å². The maximum Gasteiger partial charge on any atom is 0.253 e. The molecule has 0 bridgehead atoms. The average molecular weight is 286 g/mol. The third-order valence-electron chi connectivity index (χ3n) is 3.81. The van der Waals surface area contributed by atoms with E-state index in [-0.39, 0.29) is 12.5 Å². The van der Waals surface area contributed by atoms with Crippen LogP contribution in [0.1, 0.15) is 22.3 Å². The SMILES string of the molecule is CN1CCC(CN(C)C(=O)c2ccc(C#CCO)cc2)C1. The molecule has 1 fully saturated rings. The van der Waals surface area contributed by atoms with Crippen LogP contribution in [0, 0.1) is 17.8 Å². The van der Waals surface area contributed by atoms with Gasteiger partial charge < -0.3 is 14.9 Å². The Morgan fingerprint density at radius 3 is 2.71 bits per heavy atom. The van der Waals surface area contributed by atoms with Crippen LogP contribution in [0.25, 0.3) is 0 Å². The summed E-state index contributed by atoms with van der Waals surface area (Å²) in [7, 11) is 3.98. The van der Waals surface area contributed by atoms with Crippen LogP contribution in [-0.4, -0.2) is 61.2 Å². The number of hydrogen-bond acceptors (Lipinski definition) is 3. The summed E-state index contributed by atoms with van der Waals surface area (Å²) >= 11 is 0. The Balaban J connectivity index is 1.95. The molecule has 1 heterocycles. The molecule has 1 amide bonds. The second kappa shape index (κ2) is 7.26. The van der Waals surface area contributed by atoms with Crippen molar-refractivity contribution >= 4 is 5.91 Å². The van der Waals surface area contributed by atoms with Crippen molar-refractivity contribution in [1.29, 1.82) is 0 Å². The van der Waals surface area contributed by atoms with Gasteiger partial charge in [-0.2, -0.15) is 0 Å². The highest BCUT2D eigenvalue weighted by molar-refractivity contribution is 5.94. The van der Waals surface area contributed by atoms with E-state index in [0.29, 0.717) is 11.5 Å². The van der Waals surface area contributed by atoms with E-state index in [4.69, 9.17) is 5.11 Å². The Morgan fingerprint density at radius 1 is 1.43 bits per heavy atom. The number of nitrogens with zero attached hydrogens (tertiary/aromatic N) is 2. The highest BCUT2D eigenvalue weighted by atomic mass is 16.2. The van der Waals surface area contributed by atoms with Gasteiger partial charge in [0.2, 0.25) is 0 Å². The van der Waals surface area contributed by atoms with Gasteiger partial charge in [-0.15, -0.1) is 0 Å². The molecule has 1 aromatic carbocycles. The van der Waals surface area contributed by atoms with Crippen molar-refractivity contribution in [2.24, 2.45) is 5.92 Å². The summed E-state index contributed by atoms with van der Waals surface area (Å²) < 4.78 is 0. The van der Waals surface area contributed by atoms with Gasteiger partial charge in [0.25, 0.3) is 5.91 Å². The monoisotopic (exact) mass is 286 g/mol. The molecule has 1 aromatic rings. The first-order valence-electron chi connectivity index (χ1n) is 7.24. The van der Waals surface area contributed by atoms with Crippen molar-refractivity contribution in [3.8, 4) is 11.8 Å². The van der Waals surface area contributed by atoms with Crippen LogP contribution in [0.4, 0.5) is 0 Å². The van der Waals surface area contributed by atoms with Crippen LogP contribution in [0.2, 0.25) is 0 Å². The number of hydrogen-bond donors (Lipinski definition) is 1. The van der Waals surface area contributed by atoms with Crippen LogP contribution in [0.15, 0.2) is 24.3 Å². The second-order valence-electron chi connectivity index (χ2n) is 5.64. The topological polar surface area (TPSA) is 43.8 Å². The van der Waals surface area contributed by atoms with E-state index in [1.165, 1.54) is 0 Å². The van der Waals surface area contributed by atoms with Gasteiger partial charge in [0.1, 0.15) is 6.61 Å². The van der Waals surface area contributed by atoms with Crippen molar-refractivity contribution in [3.63, 3.8) is 0 Å². The van der Waals surface area contributed by atoms with Crippen LogP contribution in [0.3, 0.4) is 0 Å². The fraction of sp³-hybridized carbons (Fsp3) is 0.471. The first kappa shape index (κ1) is 15.6. The highest BCUT2D eigenvalue weighted by Gasteiger charge is 2.22. The molecule has 1 saturated heterocycles. The summed E-state index contributed by atoms with van der Waals surface area (Å²) in [4.78, 5) is 16.5. The number of carbonyl (C=O) groups is 1. The molecule has 0 spiro atoms. The smallest absolute Gasteiger partial charge is 0.253 e. The van der Waals surface area contributed by atoms with Crippen LogP contribution >= 0.6 is 0 Å². The van der Waals surface area contributed by atoms with Gasteiger partial charge in [0, 0.05) is 31.3 Å². The fourth-order valence-corrected chi connectivity index (χ4v) is 2.70. The zero-order valence-electron chi connectivity index (χ0n) is 12.7. The van der Waals surface area contributed by atoms with Crippen molar-refractivity contribution in [3.05, 3.63) is 35.4 Å². The van der Waals surface area contributed by atoms with Crippen LogP contribution in [0.5, 0.6) is 0 Å². The molecule has 1 N–H and O–H groups in total. The molecular formula is C17H22N2O2. The Morgan fingerprint density at radius 2 is 2.14 bits per heavy atom. The Bertz CT molecular complexity index is 542. The number of rotatable bonds is 3. The lowest BCUT2D eigenvalue weighted by Crippen LogP contribution is -2.32. The molecule has 1 atom stereocenters. The molecule has 4 heteroatoms. The second-order valence-corrected chi connectivity index (χ2v) is 5.64. The van der Waals surface area contributed by atoms with E-state index >= 15 is 0 Å². The van der Waals surface area contributed by atoms with E-state index in [0.717, 1.165) is 31.6 Å². The summed E-state index contributed by atoms with van der Waals surface area (Å²) in [5.41, 5.74) is 1.49. The predicted molar refractivity (Wildman–Crippen MR) is 83.0 cm³/mol. The lowest BCUT2D eigenvalue weighted by atomic mass is 10.1. The normalized spacial score (nSPS) is 18.1. The number of carbonyl (C=O) groups excluding carboxylic acids is 1. The Kier molecular flexibility index (Phi) is 5.38. The van der Waals surface area contributed by atoms with Crippen LogP contribution in [-0.2, 0) is 0 Å². The molecule has 0 aliphatic carbocycles. The first-order valence-corrected chi connectivity index (χ1v) is 7.24. The minimum absolute atomic E-state index is 0.0474. The molecule has 4 nitrogen and oxygen atoms in total. The van der Waals surface area contributed by atoms with Gasteiger partial charge >= 0.3 is 0 Å². The maximum atomic E-state index is 12.4. The molecule has 1 aliphatic heterocycles. The quantitative estimate of drug-likeness (QED) is 0.845. The number of benzene rings is 1. The van der Waals surface area contributed by atoms with Crippen molar-refractivity contribution in [1.82, 2.24) is 9.80 Å². The van der Waals surface area contributed by atoms with E-state index in [9.17, 15) is 4.79 Å². The first-order chi connectivity index (χ1) is 10.1. The van der Waals surface area contributed by atoms with Crippen LogP contribution < -0.4 is 0 Å². The van der Waals surface area contributed by atoms with Crippen molar-refractivity contribution < 1.29 is 9.90 Å². The van der Waals surface area contributed by atoms with Gasteiger partial charge in [0.15, 0.2) is 0 Å². The summed E-state index contributed by atoms with van der Waals surface area (Å²) in [6, 6.07) is 7.21. The molecule has 1 unspecified atom stereocenters. The Labute approximate surface area is 126 Å². The molecule has 21 heavy (non-hydrogen) atoms. The minimum atomic E-state index is -0.154. The Hall–Kier alpha value is -1.83. The zero-order chi connectivity index (χ0) is 15.2. The van der Waals surface area contributed by atoms with Crippen molar-refractivity contribution in [2.45, 2.75) is 6.42 Å². The molecule has 1 aliphatic rings. The molecule has 0 radical (unpaired) electrons. The molecule has 0 aromatic heterocycles. The van der Waals surface area contributed by atoms with Gasteiger partial charge in [-0.3, -0.25) is 4.79 Å². The number of aliphatic hydroxyl groups excluding tert-OH is 1. The maximum absolute atomic E-state index is 12.4. The summed E-state index contributed by atoms with van der Waals surface area (Å²) in [5.74, 6) is 6.03. The molecule has 0 saturated carbocycles. The molecular weight excluding hydrogens is 264 g/mol. The summed E-state index contributed by atoms with van der Waals surface area (Å²) in [6.07, 6.45) is 1.16. The summed E-state index contributed by atoms with van der Waals surface area (Å²) in [5, 5.41) is 8.66. The lowest BCUT2D eigenvalue weighted by Gasteiger charge is -2.21. The lowest BCUT2D eigenvalue weighted by molar-refractivity contribution is 0.0774. The average Bonchev–Trinajstić information content (AvgIpc) is 2.90. The minimum Gasteiger partial charge on any atom is -0.384 e. The summed E-state index contributed by atoms with van der Waals surface area (Å²) in [6.45, 7) is 2.83. The third kappa shape index (κ3) is 4.32. The molecule has 112 valence electrons. The predicted octanol–water partition coefficient (Wildman–Crippen LogP) is 1.05. The van der Waals surface area contributed by atoms with Gasteiger partial charge in [0.05, 0.1) is 0 Å². The number of amides is 1. The fourth-order valence-electron chi connectivity index (χ4n) is 2.70. The van der Waals surface area contributed by atoms with E-state index in [1.54, 1.807) is 17.0 Å². The zero-order valence-corrected chi connectivity index (χ0v) is 12.7. The number of likely N-dealkylation sites (tertiary alicyclic amines) is 1. The highest BCUT2D eigenvalue weighted by Crippen LogP contribution is 2.16. The van der Waals surface area contributed by atoms with Gasteiger partial charge in [-0.25, -0.2) is 0 Å². The van der Waals surface area contributed by atoms with E-state index in [1.807, 2.05) is 19.2 Å². The van der Waals surface area contributed by atoms with E-state index in [2.05, 4.69) is 23.8 Å². The third-order valence-corrected chi connectivity index (χ3v) is 3.81. The van der Waals surface area contributed by atoms with Crippen molar-refractivity contribution in [2.75, 3.05) is 40.3 Å². The standard InChI is InChI=1S/C17H22N2O2/c1-18-10-9-15(12-18)13-19(2)17(21)16-7-5-14(6-8-16)4-3-11-20/h5-8,15,20H,9-13H2,1-2H3.